The third kappa shape index (κ3) is 2.07. The van der Waals surface area contributed by atoms with Crippen molar-refractivity contribution >= 4 is 5.78 Å². The van der Waals surface area contributed by atoms with Gasteiger partial charge in [-0.2, -0.15) is 5.10 Å². The van der Waals surface area contributed by atoms with E-state index in [0.29, 0.717) is 5.56 Å². The minimum Gasteiger partial charge on any atom is -0.293 e. The smallest absolute Gasteiger partial charge is 0.214 e. The van der Waals surface area contributed by atoms with E-state index in [1.807, 2.05) is 0 Å². The van der Waals surface area contributed by atoms with Gasteiger partial charge in [0.2, 0.25) is 5.43 Å². The van der Waals surface area contributed by atoms with Crippen molar-refractivity contribution in [3.63, 3.8) is 0 Å². The van der Waals surface area contributed by atoms with Gasteiger partial charge in [0, 0.05) is 18.7 Å². The van der Waals surface area contributed by atoms with Gasteiger partial charge < -0.3 is 0 Å². The molecule has 0 aliphatic heterocycles. The number of aryl methyl sites for hydroxylation is 1. The maximum atomic E-state index is 13.6. The van der Waals surface area contributed by atoms with Gasteiger partial charge in [-0.15, -0.1) is 0 Å². The van der Waals surface area contributed by atoms with Crippen molar-refractivity contribution < 1.29 is 9.18 Å². The first-order valence-electron chi connectivity index (χ1n) is 5.37. The van der Waals surface area contributed by atoms with E-state index in [0.717, 1.165) is 0 Å². The lowest BCUT2D eigenvalue weighted by atomic mass is 10.2. The second kappa shape index (κ2) is 4.52. The number of aromatic nitrogens is 2. The van der Waals surface area contributed by atoms with Crippen molar-refractivity contribution in [3.05, 3.63) is 57.8 Å². The highest BCUT2D eigenvalue weighted by molar-refractivity contribution is 5.91. The predicted octanol–water partition coefficient (Wildman–Crippen LogP) is 1.88. The molecule has 0 saturated heterocycles. The van der Waals surface area contributed by atoms with Crippen LogP contribution < -0.4 is 5.43 Å². The molecule has 2 aromatic rings. The minimum absolute atomic E-state index is 0.182. The van der Waals surface area contributed by atoms with Crippen LogP contribution in [0.2, 0.25) is 0 Å². The molecule has 0 amide bonds. The molecule has 18 heavy (non-hydrogen) atoms. The number of carbonyl (C=O) groups is 1. The van der Waals surface area contributed by atoms with E-state index in [1.54, 1.807) is 19.1 Å². The van der Waals surface area contributed by atoms with Crippen molar-refractivity contribution in [2.75, 3.05) is 0 Å². The Labute approximate surface area is 103 Å². The van der Waals surface area contributed by atoms with E-state index in [9.17, 15) is 14.0 Å². The number of hydrogen-bond acceptors (Lipinski definition) is 3. The number of para-hydroxylation sites is 1. The zero-order valence-electron chi connectivity index (χ0n) is 9.98. The number of benzene rings is 1. The molecule has 4 nitrogen and oxygen atoms in total. The molecule has 0 aliphatic carbocycles. The van der Waals surface area contributed by atoms with Crippen LogP contribution in [0.5, 0.6) is 0 Å². The van der Waals surface area contributed by atoms with Crippen LogP contribution in [0, 0.1) is 12.7 Å². The summed E-state index contributed by atoms with van der Waals surface area (Å²) in [5, 5.41) is 3.88. The molecule has 0 unspecified atom stereocenters. The molecule has 0 aliphatic rings. The van der Waals surface area contributed by atoms with Crippen LogP contribution in [0.1, 0.15) is 23.0 Å². The molecule has 0 spiro atoms. The Morgan fingerprint density at radius 2 is 2.00 bits per heavy atom. The van der Waals surface area contributed by atoms with E-state index in [1.165, 1.54) is 29.9 Å². The van der Waals surface area contributed by atoms with Crippen LogP contribution in [0.3, 0.4) is 0 Å². The van der Waals surface area contributed by atoms with E-state index in [-0.39, 0.29) is 11.4 Å². The van der Waals surface area contributed by atoms with Crippen LogP contribution >= 0.6 is 0 Å². The Hall–Kier alpha value is -2.30. The van der Waals surface area contributed by atoms with Crippen molar-refractivity contribution in [1.82, 2.24) is 9.78 Å². The summed E-state index contributed by atoms with van der Waals surface area (Å²) in [6.07, 6.45) is 1.41. The Balaban J connectivity index is 2.71. The van der Waals surface area contributed by atoms with Crippen LogP contribution in [0.15, 0.2) is 35.3 Å². The summed E-state index contributed by atoms with van der Waals surface area (Å²) in [5.74, 6) is -0.906. The summed E-state index contributed by atoms with van der Waals surface area (Å²) in [6, 6.07) is 6.02. The van der Waals surface area contributed by atoms with E-state index < -0.39 is 17.0 Å². The van der Waals surface area contributed by atoms with Gasteiger partial charge >= 0.3 is 0 Å². The van der Waals surface area contributed by atoms with Crippen LogP contribution in [0.25, 0.3) is 5.69 Å². The number of rotatable bonds is 2. The molecule has 1 heterocycles. The molecule has 92 valence electrons. The van der Waals surface area contributed by atoms with Gasteiger partial charge in [0.25, 0.3) is 0 Å². The minimum atomic E-state index is -0.470. The summed E-state index contributed by atoms with van der Waals surface area (Å²) >= 11 is 0. The Kier molecular flexibility index (Phi) is 3.06. The fourth-order valence-corrected chi connectivity index (χ4v) is 1.60. The molecule has 0 bridgehead atoms. The largest absolute Gasteiger partial charge is 0.293 e. The number of ketones is 1. The third-order valence-corrected chi connectivity index (χ3v) is 2.53. The Morgan fingerprint density at radius 1 is 1.33 bits per heavy atom. The zero-order valence-corrected chi connectivity index (χ0v) is 9.98. The lowest BCUT2D eigenvalue weighted by molar-refractivity contribution is 0.101. The number of nitrogens with zero attached hydrogens (tertiary/aromatic N) is 2. The molecule has 0 atom stereocenters. The monoisotopic (exact) mass is 246 g/mol. The zero-order chi connectivity index (χ0) is 13.3. The summed E-state index contributed by atoms with van der Waals surface area (Å²) in [6.45, 7) is 2.82. The summed E-state index contributed by atoms with van der Waals surface area (Å²) in [7, 11) is 0. The van der Waals surface area contributed by atoms with Gasteiger partial charge in [-0.05, 0) is 19.1 Å². The highest BCUT2D eigenvalue weighted by Gasteiger charge is 2.13. The molecule has 1 aromatic heterocycles. The number of hydrogen-bond donors (Lipinski definition) is 0. The standard InChI is InChI=1S/C13H11FN2O2/c1-8-7-16(11-6-4-3-5-10(11)14)15-12(9(2)17)13(8)18/h3-7H,1-2H3. The summed E-state index contributed by atoms with van der Waals surface area (Å²) in [5.41, 5.74) is -0.0603. The average Bonchev–Trinajstić information content (AvgIpc) is 2.33. The van der Waals surface area contributed by atoms with Gasteiger partial charge in [0.05, 0.1) is 0 Å². The van der Waals surface area contributed by atoms with Gasteiger partial charge in [0.15, 0.2) is 11.5 Å². The average molecular weight is 246 g/mol. The predicted molar refractivity (Wildman–Crippen MR) is 64.5 cm³/mol. The lowest BCUT2D eigenvalue weighted by Gasteiger charge is -2.08. The first-order chi connectivity index (χ1) is 8.50. The fourth-order valence-electron chi connectivity index (χ4n) is 1.60. The Morgan fingerprint density at radius 3 is 2.61 bits per heavy atom. The lowest BCUT2D eigenvalue weighted by Crippen LogP contribution is -2.22. The normalized spacial score (nSPS) is 10.4. The fraction of sp³-hybridized carbons (Fsp3) is 0.154. The molecule has 0 N–H and O–H groups in total. The molecular weight excluding hydrogens is 235 g/mol. The quantitative estimate of drug-likeness (QED) is 0.760. The third-order valence-electron chi connectivity index (χ3n) is 2.53. The first-order valence-corrected chi connectivity index (χ1v) is 5.37. The maximum absolute atomic E-state index is 13.6. The van der Waals surface area contributed by atoms with Crippen LogP contribution in [0.4, 0.5) is 4.39 Å². The van der Waals surface area contributed by atoms with Gasteiger partial charge in [-0.3, -0.25) is 9.59 Å². The topological polar surface area (TPSA) is 52.0 Å². The molecule has 1 aromatic carbocycles. The SMILES string of the molecule is CC(=O)c1nn(-c2ccccc2F)cc(C)c1=O. The molecule has 0 saturated carbocycles. The van der Waals surface area contributed by atoms with Gasteiger partial charge in [-0.25, -0.2) is 9.07 Å². The van der Waals surface area contributed by atoms with E-state index >= 15 is 0 Å². The molecule has 0 fully saturated rings. The highest BCUT2D eigenvalue weighted by atomic mass is 19.1. The summed E-state index contributed by atoms with van der Waals surface area (Å²) < 4.78 is 14.8. The molecular formula is C13H11FN2O2. The van der Waals surface area contributed by atoms with E-state index in [2.05, 4.69) is 5.10 Å². The van der Waals surface area contributed by atoms with Crippen molar-refractivity contribution in [1.29, 1.82) is 0 Å². The number of halogens is 1. The van der Waals surface area contributed by atoms with Crippen molar-refractivity contribution in [3.8, 4) is 5.69 Å². The first kappa shape index (κ1) is 12.2. The maximum Gasteiger partial charge on any atom is 0.214 e. The number of carbonyl (C=O) groups excluding carboxylic acids is 1. The van der Waals surface area contributed by atoms with Crippen molar-refractivity contribution in [2.24, 2.45) is 0 Å². The van der Waals surface area contributed by atoms with Gasteiger partial charge in [0.1, 0.15) is 11.5 Å². The van der Waals surface area contributed by atoms with Crippen LogP contribution in [-0.4, -0.2) is 15.6 Å². The molecule has 0 radical (unpaired) electrons. The van der Waals surface area contributed by atoms with E-state index in [4.69, 9.17) is 0 Å². The highest BCUT2D eigenvalue weighted by Crippen LogP contribution is 2.11. The van der Waals surface area contributed by atoms with Crippen molar-refractivity contribution in [2.45, 2.75) is 13.8 Å². The second-order valence-corrected chi connectivity index (χ2v) is 3.94. The van der Waals surface area contributed by atoms with Gasteiger partial charge in [-0.1, -0.05) is 12.1 Å². The molecule has 5 heteroatoms. The Bertz CT molecular complexity index is 677. The van der Waals surface area contributed by atoms with Crippen LogP contribution in [-0.2, 0) is 0 Å². The number of Topliss-reactive ketones (excluding diaryl/α,β-unsaturated/α-hetero) is 1. The molecule has 2 rings (SSSR count). The summed E-state index contributed by atoms with van der Waals surface area (Å²) in [4.78, 5) is 23.0. The second-order valence-electron chi connectivity index (χ2n) is 3.94.